The van der Waals surface area contributed by atoms with Crippen molar-refractivity contribution >= 4 is 22.6 Å². The number of benzene rings is 1. The van der Waals surface area contributed by atoms with Gasteiger partial charge in [0.05, 0.1) is 5.92 Å². The number of aromatic nitrogens is 3. The van der Waals surface area contributed by atoms with E-state index >= 15 is 0 Å². The summed E-state index contributed by atoms with van der Waals surface area (Å²) >= 11 is 0. The van der Waals surface area contributed by atoms with E-state index in [4.69, 9.17) is 9.63 Å². The highest BCUT2D eigenvalue weighted by atomic mass is 16.5. The van der Waals surface area contributed by atoms with Crippen LogP contribution in [0.25, 0.3) is 22.2 Å². The quantitative estimate of drug-likeness (QED) is 0.761. The number of carbonyl (C=O) groups is 1. The van der Waals surface area contributed by atoms with Crippen LogP contribution in [0.15, 0.2) is 35.0 Å². The molecule has 0 spiro atoms. The van der Waals surface area contributed by atoms with Crippen molar-refractivity contribution in [2.24, 2.45) is 5.92 Å². The number of carboxylic acids is 1. The molecule has 7 nitrogen and oxygen atoms in total. The Kier molecular flexibility index (Phi) is 3.41. The Labute approximate surface area is 137 Å². The normalized spacial score (nSPS) is 19.9. The lowest BCUT2D eigenvalue weighted by Gasteiger charge is -2.33. The predicted molar refractivity (Wildman–Crippen MR) is 87.5 cm³/mol. The van der Waals surface area contributed by atoms with Gasteiger partial charge >= 0.3 is 5.97 Å². The summed E-state index contributed by atoms with van der Waals surface area (Å²) in [5, 5.41) is 18.3. The van der Waals surface area contributed by atoms with E-state index in [9.17, 15) is 4.79 Å². The third kappa shape index (κ3) is 2.58. The van der Waals surface area contributed by atoms with E-state index in [0.717, 1.165) is 22.2 Å². The van der Waals surface area contributed by atoms with Crippen molar-refractivity contribution in [2.45, 2.75) is 25.8 Å². The van der Waals surface area contributed by atoms with E-state index in [1.54, 1.807) is 13.1 Å². The average molecular weight is 324 g/mol. The van der Waals surface area contributed by atoms with Crippen LogP contribution in [-0.2, 0) is 4.79 Å². The molecule has 7 heteroatoms. The highest BCUT2D eigenvalue weighted by Gasteiger charge is 2.34. The second-order valence-electron chi connectivity index (χ2n) is 6.08. The van der Waals surface area contributed by atoms with Crippen molar-refractivity contribution in [1.82, 2.24) is 15.1 Å². The molecule has 1 aromatic carbocycles. The van der Waals surface area contributed by atoms with Gasteiger partial charge in [-0.25, -0.2) is 4.98 Å². The molecule has 2 aromatic heterocycles. The van der Waals surface area contributed by atoms with Crippen molar-refractivity contribution in [2.75, 3.05) is 5.32 Å². The van der Waals surface area contributed by atoms with Crippen molar-refractivity contribution in [3.05, 3.63) is 36.4 Å². The monoisotopic (exact) mass is 324 g/mol. The van der Waals surface area contributed by atoms with Gasteiger partial charge in [-0.1, -0.05) is 17.3 Å². The molecule has 0 amide bonds. The van der Waals surface area contributed by atoms with Gasteiger partial charge in [0.2, 0.25) is 11.7 Å². The molecule has 122 valence electrons. The first-order chi connectivity index (χ1) is 11.6. The molecule has 4 rings (SSSR count). The molecule has 0 atom stereocenters. The minimum atomic E-state index is -0.728. The van der Waals surface area contributed by atoms with E-state index in [-0.39, 0.29) is 12.0 Å². The number of nitrogens with zero attached hydrogens (tertiary/aromatic N) is 3. The summed E-state index contributed by atoms with van der Waals surface area (Å²) in [4.78, 5) is 19.6. The number of pyridine rings is 1. The SMILES string of the molecule is Cc1nc(-c2ccc3ccnc(N[C@H]4C[C@@H](C(=O)O)C4)c3c2)no1. The largest absolute Gasteiger partial charge is 0.481 e. The van der Waals surface area contributed by atoms with E-state index in [1.807, 2.05) is 24.3 Å². The Bertz CT molecular complexity index is 915. The van der Waals surface area contributed by atoms with Crippen molar-refractivity contribution in [1.29, 1.82) is 0 Å². The van der Waals surface area contributed by atoms with Crippen LogP contribution in [0, 0.1) is 12.8 Å². The third-order valence-electron chi connectivity index (χ3n) is 4.38. The molecular weight excluding hydrogens is 308 g/mol. The highest BCUT2D eigenvalue weighted by Crippen LogP contribution is 2.33. The third-order valence-corrected chi connectivity index (χ3v) is 4.38. The lowest BCUT2D eigenvalue weighted by Crippen LogP contribution is -2.39. The van der Waals surface area contributed by atoms with Crippen LogP contribution in [-0.4, -0.2) is 32.2 Å². The van der Waals surface area contributed by atoms with Crippen LogP contribution < -0.4 is 5.32 Å². The molecule has 0 aliphatic heterocycles. The molecule has 3 aromatic rings. The van der Waals surface area contributed by atoms with Crippen LogP contribution in [0.3, 0.4) is 0 Å². The zero-order chi connectivity index (χ0) is 16.7. The summed E-state index contributed by atoms with van der Waals surface area (Å²) in [5.41, 5.74) is 0.854. The zero-order valence-corrected chi connectivity index (χ0v) is 13.1. The van der Waals surface area contributed by atoms with Gasteiger partial charge in [0.25, 0.3) is 0 Å². The first-order valence-electron chi connectivity index (χ1n) is 7.79. The first kappa shape index (κ1) is 14.6. The van der Waals surface area contributed by atoms with E-state index < -0.39 is 5.97 Å². The van der Waals surface area contributed by atoms with Crippen LogP contribution in [0.1, 0.15) is 18.7 Å². The standard InChI is InChI=1S/C17H16N4O3/c1-9-19-15(21-24-9)11-3-2-10-4-5-18-16(14(10)8-11)20-13-6-12(7-13)17(22)23/h2-5,8,12-13H,6-7H2,1H3,(H,18,20)(H,22,23)/t12-,13+. The van der Waals surface area contributed by atoms with Crippen LogP contribution >= 0.6 is 0 Å². The molecule has 1 saturated carbocycles. The molecule has 0 saturated heterocycles. The minimum absolute atomic E-state index is 0.139. The van der Waals surface area contributed by atoms with Gasteiger partial charge in [-0.2, -0.15) is 4.98 Å². The average Bonchev–Trinajstić information content (AvgIpc) is 2.96. The minimum Gasteiger partial charge on any atom is -0.481 e. The number of aryl methyl sites for hydroxylation is 1. The fourth-order valence-corrected chi connectivity index (χ4v) is 2.97. The molecule has 0 bridgehead atoms. The lowest BCUT2D eigenvalue weighted by molar-refractivity contribution is -0.144. The summed E-state index contributed by atoms with van der Waals surface area (Å²) in [5.74, 6) is 0.829. The van der Waals surface area contributed by atoms with E-state index in [2.05, 4.69) is 20.4 Å². The molecule has 0 unspecified atom stereocenters. The first-order valence-corrected chi connectivity index (χ1v) is 7.79. The van der Waals surface area contributed by atoms with Gasteiger partial charge in [-0.3, -0.25) is 4.79 Å². The second-order valence-corrected chi connectivity index (χ2v) is 6.08. The molecule has 2 heterocycles. The van der Waals surface area contributed by atoms with Crippen molar-refractivity contribution < 1.29 is 14.4 Å². The smallest absolute Gasteiger partial charge is 0.306 e. The predicted octanol–water partition coefficient (Wildman–Crippen LogP) is 2.87. The summed E-state index contributed by atoms with van der Waals surface area (Å²) < 4.78 is 5.04. The number of nitrogens with one attached hydrogen (secondary N) is 1. The maximum Gasteiger partial charge on any atom is 0.306 e. The Balaban J connectivity index is 1.64. The number of aliphatic carboxylic acids is 1. The van der Waals surface area contributed by atoms with Crippen LogP contribution in [0.5, 0.6) is 0 Å². The van der Waals surface area contributed by atoms with Gasteiger partial charge < -0.3 is 14.9 Å². The number of hydrogen-bond acceptors (Lipinski definition) is 6. The lowest BCUT2D eigenvalue weighted by atomic mass is 9.80. The molecular formula is C17H16N4O3. The van der Waals surface area contributed by atoms with Crippen molar-refractivity contribution in [3.63, 3.8) is 0 Å². The summed E-state index contributed by atoms with van der Waals surface area (Å²) in [6, 6.07) is 7.99. The van der Waals surface area contributed by atoms with Gasteiger partial charge in [0, 0.05) is 30.1 Å². The summed E-state index contributed by atoms with van der Waals surface area (Å²) in [6.45, 7) is 1.75. The summed E-state index contributed by atoms with van der Waals surface area (Å²) in [7, 11) is 0. The number of anilines is 1. The van der Waals surface area contributed by atoms with Crippen LogP contribution in [0.4, 0.5) is 5.82 Å². The molecule has 0 radical (unpaired) electrons. The Morgan fingerprint density at radius 1 is 1.33 bits per heavy atom. The number of carboxylic acid groups (broad SMARTS) is 1. The Hall–Kier alpha value is -2.96. The topological polar surface area (TPSA) is 101 Å². The molecule has 1 aliphatic rings. The second kappa shape index (κ2) is 5.59. The summed E-state index contributed by atoms with van der Waals surface area (Å²) in [6.07, 6.45) is 2.99. The number of fused-ring (bicyclic) bond motifs is 1. The highest BCUT2D eigenvalue weighted by molar-refractivity contribution is 5.94. The number of rotatable bonds is 4. The molecule has 1 fully saturated rings. The van der Waals surface area contributed by atoms with Crippen LogP contribution in [0.2, 0.25) is 0 Å². The van der Waals surface area contributed by atoms with Gasteiger partial charge in [-0.05, 0) is 30.4 Å². The van der Waals surface area contributed by atoms with Gasteiger partial charge in [-0.15, -0.1) is 0 Å². The van der Waals surface area contributed by atoms with Gasteiger partial charge in [0.15, 0.2) is 0 Å². The zero-order valence-electron chi connectivity index (χ0n) is 13.1. The Morgan fingerprint density at radius 2 is 2.17 bits per heavy atom. The number of hydrogen-bond donors (Lipinski definition) is 2. The maximum atomic E-state index is 10.9. The molecule has 1 aliphatic carbocycles. The fourth-order valence-electron chi connectivity index (χ4n) is 2.97. The van der Waals surface area contributed by atoms with Crippen molar-refractivity contribution in [3.8, 4) is 11.4 Å². The Morgan fingerprint density at radius 3 is 2.88 bits per heavy atom. The molecule has 2 N–H and O–H groups in total. The maximum absolute atomic E-state index is 10.9. The van der Waals surface area contributed by atoms with E-state index in [1.165, 1.54) is 0 Å². The van der Waals surface area contributed by atoms with E-state index in [0.29, 0.717) is 24.6 Å². The fraction of sp³-hybridized carbons (Fsp3) is 0.294. The molecule has 24 heavy (non-hydrogen) atoms. The van der Waals surface area contributed by atoms with Gasteiger partial charge in [0.1, 0.15) is 5.82 Å².